The summed E-state index contributed by atoms with van der Waals surface area (Å²) in [6, 6.07) is 21.4. The summed E-state index contributed by atoms with van der Waals surface area (Å²) >= 11 is 0. The van der Waals surface area contributed by atoms with Gasteiger partial charge in [-0.1, -0.05) is 37.3 Å². The first-order chi connectivity index (χ1) is 15.1. The maximum atomic E-state index is 12.9. The largest absolute Gasteiger partial charge is 0.496 e. The molecule has 5 heteroatoms. The van der Waals surface area contributed by atoms with E-state index in [1.807, 2.05) is 55.5 Å². The maximum absolute atomic E-state index is 12.9. The maximum Gasteiger partial charge on any atom is 0.255 e. The molecule has 3 aromatic carbocycles. The minimum Gasteiger partial charge on any atom is -0.496 e. The van der Waals surface area contributed by atoms with Crippen LogP contribution in [0.3, 0.4) is 0 Å². The molecule has 1 heterocycles. The lowest BCUT2D eigenvalue weighted by Gasteiger charge is -2.16. The third-order valence-corrected chi connectivity index (χ3v) is 5.62. The summed E-state index contributed by atoms with van der Waals surface area (Å²) in [5.41, 5.74) is 5.44. The predicted molar refractivity (Wildman–Crippen MR) is 123 cm³/mol. The van der Waals surface area contributed by atoms with Gasteiger partial charge in [0.05, 0.1) is 7.11 Å². The highest BCUT2D eigenvalue weighted by molar-refractivity contribution is 6.05. The molecule has 1 aliphatic rings. The van der Waals surface area contributed by atoms with Crippen LogP contribution in [-0.2, 0) is 17.6 Å². The van der Waals surface area contributed by atoms with Gasteiger partial charge in [-0.05, 0) is 53.9 Å². The molecule has 0 spiro atoms. The molecule has 0 radical (unpaired) electrons. The number of carbonyl (C=O) groups excluding carboxylic acids is 2. The molecule has 158 valence electrons. The van der Waals surface area contributed by atoms with Gasteiger partial charge in [0.25, 0.3) is 5.91 Å². The Bertz CT molecular complexity index is 1110. The van der Waals surface area contributed by atoms with Gasteiger partial charge in [0.1, 0.15) is 5.75 Å². The molecule has 0 saturated heterocycles. The van der Waals surface area contributed by atoms with Gasteiger partial charge in [-0.15, -0.1) is 0 Å². The van der Waals surface area contributed by atoms with Gasteiger partial charge in [0, 0.05) is 41.9 Å². The van der Waals surface area contributed by atoms with Crippen molar-refractivity contribution in [2.75, 3.05) is 23.9 Å². The number of ether oxygens (including phenoxy) is 1. The highest BCUT2D eigenvalue weighted by atomic mass is 16.5. The summed E-state index contributed by atoms with van der Waals surface area (Å²) in [5, 5.41) is 3.00. The molecule has 0 aromatic heterocycles. The zero-order valence-corrected chi connectivity index (χ0v) is 17.9. The third-order valence-electron chi connectivity index (χ3n) is 5.62. The number of anilines is 2. The van der Waals surface area contributed by atoms with Crippen LogP contribution in [0.25, 0.3) is 0 Å². The standard InChI is InChI=1S/C26H26N2O3/c1-3-25(29)28-14-13-19-16-20(9-11-23(19)28)26(30)27-22-10-12-24(31-2)21(17-22)15-18-7-5-4-6-8-18/h4-12,16-17H,3,13-15H2,1-2H3,(H,27,30). The first-order valence-corrected chi connectivity index (χ1v) is 10.5. The van der Waals surface area contributed by atoms with Crippen molar-refractivity contribution >= 4 is 23.2 Å². The Kier molecular flexibility index (Phi) is 6.03. The lowest BCUT2D eigenvalue weighted by molar-refractivity contribution is -0.118. The number of carbonyl (C=O) groups is 2. The minimum absolute atomic E-state index is 0.111. The van der Waals surface area contributed by atoms with Crippen LogP contribution < -0.4 is 15.0 Å². The second kappa shape index (κ2) is 9.04. The fourth-order valence-electron chi connectivity index (χ4n) is 4.01. The normalized spacial score (nSPS) is 12.4. The van der Waals surface area contributed by atoms with Gasteiger partial charge in [-0.2, -0.15) is 0 Å². The van der Waals surface area contributed by atoms with E-state index in [9.17, 15) is 9.59 Å². The SMILES string of the molecule is CCC(=O)N1CCc2cc(C(=O)Nc3ccc(OC)c(Cc4ccccc4)c3)ccc21. The average molecular weight is 415 g/mol. The molecule has 5 nitrogen and oxygen atoms in total. The van der Waals surface area contributed by atoms with Crippen LogP contribution in [-0.4, -0.2) is 25.5 Å². The van der Waals surface area contributed by atoms with Crippen molar-refractivity contribution in [2.45, 2.75) is 26.2 Å². The molecule has 0 saturated carbocycles. The van der Waals surface area contributed by atoms with Crippen LogP contribution in [0.15, 0.2) is 66.7 Å². The highest BCUT2D eigenvalue weighted by Gasteiger charge is 2.24. The lowest BCUT2D eigenvalue weighted by atomic mass is 10.0. The number of benzene rings is 3. The Morgan fingerprint density at radius 3 is 2.58 bits per heavy atom. The number of nitrogens with zero attached hydrogens (tertiary/aromatic N) is 1. The van der Waals surface area contributed by atoms with E-state index in [0.717, 1.165) is 34.7 Å². The smallest absolute Gasteiger partial charge is 0.255 e. The molecule has 0 unspecified atom stereocenters. The number of amides is 2. The van der Waals surface area contributed by atoms with E-state index in [2.05, 4.69) is 17.4 Å². The monoisotopic (exact) mass is 414 g/mol. The van der Waals surface area contributed by atoms with Crippen molar-refractivity contribution in [1.82, 2.24) is 0 Å². The van der Waals surface area contributed by atoms with E-state index in [0.29, 0.717) is 24.9 Å². The zero-order chi connectivity index (χ0) is 21.8. The summed E-state index contributed by atoms with van der Waals surface area (Å²) in [4.78, 5) is 26.8. The van der Waals surface area contributed by atoms with Crippen molar-refractivity contribution in [3.05, 3.63) is 89.0 Å². The Hall–Kier alpha value is -3.60. The third kappa shape index (κ3) is 4.45. The average Bonchev–Trinajstić information content (AvgIpc) is 3.23. The molecule has 1 aliphatic heterocycles. The molecule has 0 fully saturated rings. The summed E-state index contributed by atoms with van der Waals surface area (Å²) in [6.45, 7) is 2.54. The van der Waals surface area contributed by atoms with Crippen LogP contribution >= 0.6 is 0 Å². The van der Waals surface area contributed by atoms with Gasteiger partial charge in [0.2, 0.25) is 5.91 Å². The molecular formula is C26H26N2O3. The molecule has 2 amide bonds. The van der Waals surface area contributed by atoms with Crippen molar-refractivity contribution in [1.29, 1.82) is 0 Å². The fourth-order valence-corrected chi connectivity index (χ4v) is 4.01. The molecule has 31 heavy (non-hydrogen) atoms. The van der Waals surface area contributed by atoms with Crippen molar-refractivity contribution in [2.24, 2.45) is 0 Å². The number of rotatable bonds is 6. The number of nitrogens with one attached hydrogen (secondary N) is 1. The fraction of sp³-hybridized carbons (Fsp3) is 0.231. The topological polar surface area (TPSA) is 58.6 Å². The number of hydrogen-bond donors (Lipinski definition) is 1. The Labute approximate surface area is 182 Å². The van der Waals surface area contributed by atoms with Crippen LogP contribution in [0.2, 0.25) is 0 Å². The first-order valence-electron chi connectivity index (χ1n) is 10.5. The molecule has 3 aromatic rings. The van der Waals surface area contributed by atoms with E-state index in [4.69, 9.17) is 4.74 Å². The van der Waals surface area contributed by atoms with Gasteiger partial charge in [-0.25, -0.2) is 0 Å². The molecular weight excluding hydrogens is 388 g/mol. The molecule has 0 atom stereocenters. The summed E-state index contributed by atoms with van der Waals surface area (Å²) in [5.74, 6) is 0.735. The first kappa shape index (κ1) is 20.7. The van der Waals surface area contributed by atoms with Gasteiger partial charge in [0.15, 0.2) is 0 Å². The summed E-state index contributed by atoms with van der Waals surface area (Å²) < 4.78 is 5.51. The van der Waals surface area contributed by atoms with Crippen molar-refractivity contribution in [3.8, 4) is 5.75 Å². The summed E-state index contributed by atoms with van der Waals surface area (Å²) in [6.07, 6.45) is 1.96. The molecule has 4 rings (SSSR count). The quantitative estimate of drug-likeness (QED) is 0.628. The van der Waals surface area contributed by atoms with Crippen LogP contribution in [0.4, 0.5) is 11.4 Å². The Morgan fingerprint density at radius 1 is 1.03 bits per heavy atom. The molecule has 0 aliphatic carbocycles. The highest BCUT2D eigenvalue weighted by Crippen LogP contribution is 2.30. The Morgan fingerprint density at radius 2 is 1.84 bits per heavy atom. The van der Waals surface area contributed by atoms with Crippen LogP contribution in [0, 0.1) is 0 Å². The van der Waals surface area contributed by atoms with Gasteiger partial charge in [-0.3, -0.25) is 9.59 Å². The number of methoxy groups -OCH3 is 1. The van der Waals surface area contributed by atoms with E-state index < -0.39 is 0 Å². The van der Waals surface area contributed by atoms with E-state index in [1.165, 1.54) is 5.56 Å². The molecule has 1 N–H and O–H groups in total. The number of fused-ring (bicyclic) bond motifs is 1. The zero-order valence-electron chi connectivity index (χ0n) is 17.9. The Balaban J connectivity index is 1.52. The lowest BCUT2D eigenvalue weighted by Crippen LogP contribution is -2.27. The van der Waals surface area contributed by atoms with Crippen LogP contribution in [0.5, 0.6) is 5.75 Å². The second-order valence-electron chi connectivity index (χ2n) is 7.64. The second-order valence-corrected chi connectivity index (χ2v) is 7.64. The van der Waals surface area contributed by atoms with Crippen LogP contribution in [0.1, 0.15) is 40.4 Å². The van der Waals surface area contributed by atoms with E-state index in [1.54, 1.807) is 18.1 Å². The van der Waals surface area contributed by atoms with Gasteiger partial charge < -0.3 is 15.0 Å². The van der Waals surface area contributed by atoms with Crippen molar-refractivity contribution in [3.63, 3.8) is 0 Å². The summed E-state index contributed by atoms with van der Waals surface area (Å²) in [7, 11) is 1.65. The minimum atomic E-state index is -0.168. The van der Waals surface area contributed by atoms with E-state index in [-0.39, 0.29) is 11.8 Å². The number of hydrogen-bond acceptors (Lipinski definition) is 3. The van der Waals surface area contributed by atoms with E-state index >= 15 is 0 Å². The predicted octanol–water partition coefficient (Wildman–Crippen LogP) is 4.84. The molecule has 0 bridgehead atoms. The van der Waals surface area contributed by atoms with Gasteiger partial charge >= 0.3 is 0 Å². The van der Waals surface area contributed by atoms with Crippen molar-refractivity contribution < 1.29 is 14.3 Å².